The van der Waals surface area contributed by atoms with Crippen molar-refractivity contribution in [1.82, 2.24) is 13.9 Å². The van der Waals surface area contributed by atoms with E-state index in [4.69, 9.17) is 0 Å². The number of rotatable bonds is 7. The zero-order valence-corrected chi connectivity index (χ0v) is 17.9. The Balaban J connectivity index is 1.73. The molecule has 0 aliphatic carbocycles. The van der Waals surface area contributed by atoms with Crippen molar-refractivity contribution in [2.75, 3.05) is 0 Å². The minimum absolute atomic E-state index is 0.221. The molecule has 2 aromatic heterocycles. The van der Waals surface area contributed by atoms with Crippen LogP contribution >= 0.6 is 0 Å². The van der Waals surface area contributed by atoms with E-state index in [1.807, 2.05) is 42.7 Å². The molecule has 154 valence electrons. The number of nitrogens with one attached hydrogen (secondary N) is 1. The molecule has 6 heteroatoms. The third-order valence-electron chi connectivity index (χ3n) is 5.45. The lowest BCUT2D eigenvalue weighted by Gasteiger charge is -2.15. The molecule has 4 aromatic rings. The maximum Gasteiger partial charge on any atom is 0.240 e. The van der Waals surface area contributed by atoms with Gasteiger partial charge in [-0.2, -0.15) is 0 Å². The lowest BCUT2D eigenvalue weighted by molar-refractivity contribution is 0.581. The molecule has 4 rings (SSSR count). The summed E-state index contributed by atoms with van der Waals surface area (Å²) in [6.07, 6.45) is 3.98. The molecule has 0 saturated carbocycles. The molecule has 0 spiro atoms. The molecule has 0 aliphatic rings. The molecule has 0 saturated heterocycles. The largest absolute Gasteiger partial charge is 0.327 e. The summed E-state index contributed by atoms with van der Waals surface area (Å²) in [6, 6.07) is 22.7. The molecular weight excluding hydrogens is 394 g/mol. The number of sulfonamides is 1. The SMILES string of the molecule is Cc1c(CNS(=O)(=O)c2ccccc2)c(-n2cccc2)n(Cc2ccccc2)c1C. The molecule has 0 aliphatic heterocycles. The molecular formula is C24H25N3O2S. The van der Waals surface area contributed by atoms with Crippen LogP contribution in [-0.4, -0.2) is 17.6 Å². The molecule has 2 heterocycles. The predicted molar refractivity (Wildman–Crippen MR) is 119 cm³/mol. The zero-order chi connectivity index (χ0) is 21.1. The number of benzene rings is 2. The summed E-state index contributed by atoms with van der Waals surface area (Å²) in [7, 11) is -3.59. The summed E-state index contributed by atoms with van der Waals surface area (Å²) in [5.41, 5.74) is 4.38. The molecule has 0 fully saturated rings. The van der Waals surface area contributed by atoms with Crippen molar-refractivity contribution < 1.29 is 8.42 Å². The van der Waals surface area contributed by atoms with Gasteiger partial charge in [0.2, 0.25) is 10.0 Å². The van der Waals surface area contributed by atoms with Crippen molar-refractivity contribution in [2.45, 2.75) is 31.8 Å². The van der Waals surface area contributed by atoms with Crippen LogP contribution < -0.4 is 4.72 Å². The van der Waals surface area contributed by atoms with Crippen LogP contribution in [0.5, 0.6) is 0 Å². The average molecular weight is 420 g/mol. The van der Waals surface area contributed by atoms with Crippen molar-refractivity contribution >= 4 is 10.0 Å². The van der Waals surface area contributed by atoms with Gasteiger partial charge >= 0.3 is 0 Å². The minimum atomic E-state index is -3.59. The van der Waals surface area contributed by atoms with Gasteiger partial charge in [0.05, 0.1) is 4.90 Å². The first-order valence-corrected chi connectivity index (χ1v) is 11.4. The second-order valence-electron chi connectivity index (χ2n) is 7.31. The second-order valence-corrected chi connectivity index (χ2v) is 9.08. The summed E-state index contributed by atoms with van der Waals surface area (Å²) in [4.78, 5) is 0.269. The Bertz CT molecular complexity index is 1230. The highest BCUT2D eigenvalue weighted by molar-refractivity contribution is 7.89. The molecule has 0 unspecified atom stereocenters. The first-order chi connectivity index (χ1) is 14.5. The molecule has 0 atom stereocenters. The van der Waals surface area contributed by atoms with Gasteiger partial charge in [-0.1, -0.05) is 48.5 Å². The fraction of sp³-hybridized carbons (Fsp3) is 0.167. The standard InChI is InChI=1S/C24H25N3O2S/c1-19-20(2)27(18-21-11-5-3-6-12-21)24(26-15-9-10-16-26)23(19)17-25-30(28,29)22-13-7-4-8-14-22/h3-16,25H,17-18H2,1-2H3. The average Bonchev–Trinajstić information content (AvgIpc) is 3.37. The van der Waals surface area contributed by atoms with E-state index in [1.54, 1.807) is 30.3 Å². The summed E-state index contributed by atoms with van der Waals surface area (Å²) in [5, 5.41) is 0. The van der Waals surface area contributed by atoms with Crippen molar-refractivity contribution in [3.8, 4) is 5.82 Å². The van der Waals surface area contributed by atoms with E-state index in [-0.39, 0.29) is 11.4 Å². The normalized spacial score (nSPS) is 11.7. The van der Waals surface area contributed by atoms with Gasteiger partial charge < -0.3 is 9.13 Å². The molecule has 0 bridgehead atoms. The highest BCUT2D eigenvalue weighted by Crippen LogP contribution is 2.27. The van der Waals surface area contributed by atoms with Gasteiger partial charge in [0, 0.05) is 36.7 Å². The van der Waals surface area contributed by atoms with E-state index in [1.165, 1.54) is 5.56 Å². The quantitative estimate of drug-likeness (QED) is 0.482. The van der Waals surface area contributed by atoms with Crippen LogP contribution in [0.3, 0.4) is 0 Å². The van der Waals surface area contributed by atoms with E-state index in [0.717, 1.165) is 22.6 Å². The molecule has 30 heavy (non-hydrogen) atoms. The summed E-state index contributed by atoms with van der Waals surface area (Å²) < 4.78 is 32.6. The van der Waals surface area contributed by atoms with Crippen molar-refractivity contribution in [2.24, 2.45) is 0 Å². The second kappa shape index (κ2) is 8.34. The van der Waals surface area contributed by atoms with E-state index in [0.29, 0.717) is 6.54 Å². The molecule has 1 N–H and O–H groups in total. The molecule has 0 amide bonds. The van der Waals surface area contributed by atoms with Gasteiger partial charge in [-0.3, -0.25) is 0 Å². The topological polar surface area (TPSA) is 56.0 Å². The van der Waals surface area contributed by atoms with Crippen molar-refractivity contribution in [1.29, 1.82) is 0 Å². The minimum Gasteiger partial charge on any atom is -0.327 e. The van der Waals surface area contributed by atoms with Gasteiger partial charge in [-0.25, -0.2) is 13.1 Å². The van der Waals surface area contributed by atoms with E-state index in [9.17, 15) is 8.42 Å². The Hall–Kier alpha value is -3.09. The summed E-state index contributed by atoms with van der Waals surface area (Å²) in [6.45, 7) is 5.07. The summed E-state index contributed by atoms with van der Waals surface area (Å²) >= 11 is 0. The van der Waals surface area contributed by atoms with Gasteiger partial charge in [0.15, 0.2) is 0 Å². The monoisotopic (exact) mass is 419 g/mol. The van der Waals surface area contributed by atoms with Crippen LogP contribution in [0.25, 0.3) is 5.82 Å². The fourth-order valence-electron chi connectivity index (χ4n) is 3.70. The first kappa shape index (κ1) is 20.2. The zero-order valence-electron chi connectivity index (χ0n) is 17.1. The Kier molecular flexibility index (Phi) is 5.61. The maximum absolute atomic E-state index is 12.8. The maximum atomic E-state index is 12.8. The highest BCUT2D eigenvalue weighted by Gasteiger charge is 2.21. The van der Waals surface area contributed by atoms with Crippen LogP contribution in [0, 0.1) is 13.8 Å². The van der Waals surface area contributed by atoms with Gasteiger partial charge in [0.25, 0.3) is 0 Å². The highest BCUT2D eigenvalue weighted by atomic mass is 32.2. The van der Waals surface area contributed by atoms with Crippen LogP contribution in [0.2, 0.25) is 0 Å². The van der Waals surface area contributed by atoms with Gasteiger partial charge in [0.1, 0.15) is 5.82 Å². The van der Waals surface area contributed by atoms with Gasteiger partial charge in [-0.05, 0) is 49.2 Å². The predicted octanol–water partition coefficient (Wildman–Crippen LogP) is 4.42. The van der Waals surface area contributed by atoms with Crippen molar-refractivity contribution in [3.05, 3.63) is 108 Å². The molecule has 5 nitrogen and oxygen atoms in total. The third kappa shape index (κ3) is 3.97. The van der Waals surface area contributed by atoms with Gasteiger partial charge in [-0.15, -0.1) is 0 Å². The van der Waals surface area contributed by atoms with E-state index >= 15 is 0 Å². The smallest absolute Gasteiger partial charge is 0.240 e. The Morgan fingerprint density at radius 1 is 0.833 bits per heavy atom. The van der Waals surface area contributed by atoms with Crippen molar-refractivity contribution in [3.63, 3.8) is 0 Å². The van der Waals surface area contributed by atoms with Crippen LogP contribution in [0.1, 0.15) is 22.4 Å². The van der Waals surface area contributed by atoms with Crippen LogP contribution in [-0.2, 0) is 23.1 Å². The number of hydrogen-bond acceptors (Lipinski definition) is 2. The van der Waals surface area contributed by atoms with E-state index < -0.39 is 10.0 Å². The Morgan fingerprint density at radius 3 is 2.07 bits per heavy atom. The van der Waals surface area contributed by atoms with Crippen LogP contribution in [0.4, 0.5) is 0 Å². The third-order valence-corrected chi connectivity index (χ3v) is 6.87. The fourth-order valence-corrected chi connectivity index (χ4v) is 4.72. The number of aromatic nitrogens is 2. The first-order valence-electron chi connectivity index (χ1n) is 9.88. The molecule has 2 aromatic carbocycles. The van der Waals surface area contributed by atoms with E-state index in [2.05, 4.69) is 39.8 Å². The number of hydrogen-bond donors (Lipinski definition) is 1. The Morgan fingerprint density at radius 2 is 1.43 bits per heavy atom. The Labute approximate surface area is 177 Å². The van der Waals surface area contributed by atoms with Crippen LogP contribution in [0.15, 0.2) is 90.1 Å². The lowest BCUT2D eigenvalue weighted by atomic mass is 10.1. The molecule has 0 radical (unpaired) electrons. The summed E-state index contributed by atoms with van der Waals surface area (Å²) in [5.74, 6) is 0.981. The lowest BCUT2D eigenvalue weighted by Crippen LogP contribution is -2.24. The number of nitrogens with zero attached hydrogens (tertiary/aromatic N) is 2.